The zero-order valence-electron chi connectivity index (χ0n) is 10.5. The van der Waals surface area contributed by atoms with Crippen molar-refractivity contribution in [2.24, 2.45) is 5.73 Å². The van der Waals surface area contributed by atoms with Gasteiger partial charge >= 0.3 is 0 Å². The van der Waals surface area contributed by atoms with Gasteiger partial charge in [0, 0.05) is 18.3 Å². The lowest BCUT2D eigenvalue weighted by molar-refractivity contribution is -0.119. The Balaban J connectivity index is 2.36. The fourth-order valence-corrected chi connectivity index (χ4v) is 2.46. The van der Waals surface area contributed by atoms with Crippen molar-refractivity contribution in [1.29, 1.82) is 0 Å². The van der Waals surface area contributed by atoms with E-state index in [9.17, 15) is 9.90 Å². The summed E-state index contributed by atoms with van der Waals surface area (Å²) in [6.45, 7) is 2.45. The first-order valence-corrected chi connectivity index (χ1v) is 6.30. The van der Waals surface area contributed by atoms with Crippen LogP contribution >= 0.6 is 0 Å². The Hall–Kier alpha value is -1.62. The standard InChI is InChI=1S/C13H19N3O2/c1-9(17)10-5-4-7-15-13(10)16-8-3-2-6-11(16)12(14)18/h4-5,7,9,11,17H,2-3,6,8H2,1H3,(H2,14,18)/t9-,11?/m1/s1. The Morgan fingerprint density at radius 1 is 1.61 bits per heavy atom. The van der Waals surface area contributed by atoms with E-state index in [1.54, 1.807) is 19.2 Å². The number of pyridine rings is 1. The third-order valence-corrected chi connectivity index (χ3v) is 3.37. The molecule has 1 saturated heterocycles. The molecule has 0 saturated carbocycles. The van der Waals surface area contributed by atoms with Crippen LogP contribution in [0.3, 0.4) is 0 Å². The minimum absolute atomic E-state index is 0.314. The van der Waals surface area contributed by atoms with Crippen LogP contribution in [0.15, 0.2) is 18.3 Å². The van der Waals surface area contributed by atoms with Crippen molar-refractivity contribution in [3.63, 3.8) is 0 Å². The number of aliphatic hydroxyl groups excluding tert-OH is 1. The monoisotopic (exact) mass is 249 g/mol. The number of carbonyl (C=O) groups excluding carboxylic acids is 1. The molecule has 2 rings (SSSR count). The molecule has 1 amide bonds. The number of nitrogens with zero attached hydrogens (tertiary/aromatic N) is 2. The lowest BCUT2D eigenvalue weighted by Gasteiger charge is -2.36. The number of hydrogen-bond donors (Lipinski definition) is 2. The third kappa shape index (κ3) is 2.46. The van der Waals surface area contributed by atoms with Crippen molar-refractivity contribution >= 4 is 11.7 Å². The second-order valence-electron chi connectivity index (χ2n) is 4.70. The summed E-state index contributed by atoms with van der Waals surface area (Å²) in [6.07, 6.45) is 3.84. The Morgan fingerprint density at radius 2 is 2.39 bits per heavy atom. The van der Waals surface area contributed by atoms with E-state index >= 15 is 0 Å². The van der Waals surface area contributed by atoms with Crippen molar-refractivity contribution in [1.82, 2.24) is 4.98 Å². The molecule has 3 N–H and O–H groups in total. The van der Waals surface area contributed by atoms with E-state index < -0.39 is 6.10 Å². The molecular weight excluding hydrogens is 230 g/mol. The number of carbonyl (C=O) groups is 1. The first-order chi connectivity index (χ1) is 8.61. The van der Waals surface area contributed by atoms with Gasteiger partial charge in [0.15, 0.2) is 0 Å². The molecule has 0 radical (unpaired) electrons. The largest absolute Gasteiger partial charge is 0.389 e. The minimum atomic E-state index is -0.607. The summed E-state index contributed by atoms with van der Waals surface area (Å²) in [5, 5.41) is 9.78. The predicted octanol–water partition coefficient (Wildman–Crippen LogP) is 0.979. The molecule has 98 valence electrons. The Labute approximate surface area is 107 Å². The smallest absolute Gasteiger partial charge is 0.240 e. The topological polar surface area (TPSA) is 79.5 Å². The van der Waals surface area contributed by atoms with Gasteiger partial charge in [0.1, 0.15) is 11.9 Å². The summed E-state index contributed by atoms with van der Waals surface area (Å²) in [6, 6.07) is 3.31. The first kappa shape index (κ1) is 12.8. The lowest BCUT2D eigenvalue weighted by atomic mass is 10.00. The summed E-state index contributed by atoms with van der Waals surface area (Å²) < 4.78 is 0. The van der Waals surface area contributed by atoms with Crippen LogP contribution in [0.4, 0.5) is 5.82 Å². The van der Waals surface area contributed by atoms with E-state index in [1.807, 2.05) is 11.0 Å². The highest BCUT2D eigenvalue weighted by Gasteiger charge is 2.29. The average Bonchev–Trinajstić information content (AvgIpc) is 2.38. The van der Waals surface area contributed by atoms with Crippen molar-refractivity contribution < 1.29 is 9.90 Å². The number of amides is 1. The second kappa shape index (κ2) is 5.35. The molecule has 5 nitrogen and oxygen atoms in total. The molecule has 0 aromatic carbocycles. The molecule has 2 heterocycles. The number of rotatable bonds is 3. The first-order valence-electron chi connectivity index (χ1n) is 6.30. The highest BCUT2D eigenvalue weighted by Crippen LogP contribution is 2.29. The van der Waals surface area contributed by atoms with E-state index in [-0.39, 0.29) is 11.9 Å². The second-order valence-corrected chi connectivity index (χ2v) is 4.70. The van der Waals surface area contributed by atoms with Crippen LogP contribution in [0, 0.1) is 0 Å². The molecule has 0 spiro atoms. The molecule has 18 heavy (non-hydrogen) atoms. The van der Waals surface area contributed by atoms with Crippen LogP contribution in [0.1, 0.15) is 37.9 Å². The molecule has 1 fully saturated rings. The summed E-state index contributed by atoms with van der Waals surface area (Å²) >= 11 is 0. The van der Waals surface area contributed by atoms with E-state index in [0.717, 1.165) is 31.4 Å². The van der Waals surface area contributed by atoms with Crippen LogP contribution in [0.2, 0.25) is 0 Å². The number of anilines is 1. The molecule has 1 aliphatic heterocycles. The van der Waals surface area contributed by atoms with Gasteiger partial charge in [-0.15, -0.1) is 0 Å². The van der Waals surface area contributed by atoms with Crippen LogP contribution in [-0.2, 0) is 4.79 Å². The van der Waals surface area contributed by atoms with Gasteiger partial charge in [-0.1, -0.05) is 6.07 Å². The van der Waals surface area contributed by atoms with Gasteiger partial charge in [-0.2, -0.15) is 0 Å². The van der Waals surface area contributed by atoms with Gasteiger partial charge < -0.3 is 15.7 Å². The van der Waals surface area contributed by atoms with Crippen molar-refractivity contribution in [3.05, 3.63) is 23.9 Å². The van der Waals surface area contributed by atoms with Gasteiger partial charge in [-0.05, 0) is 32.3 Å². The number of aromatic nitrogens is 1. The Morgan fingerprint density at radius 3 is 3.06 bits per heavy atom. The number of nitrogens with two attached hydrogens (primary N) is 1. The predicted molar refractivity (Wildman–Crippen MR) is 69.1 cm³/mol. The van der Waals surface area contributed by atoms with Crippen molar-refractivity contribution in [2.75, 3.05) is 11.4 Å². The van der Waals surface area contributed by atoms with Crippen LogP contribution in [0.5, 0.6) is 0 Å². The summed E-state index contributed by atoms with van der Waals surface area (Å²) in [5.74, 6) is 0.355. The molecule has 5 heteroatoms. The van der Waals surface area contributed by atoms with Crippen LogP contribution < -0.4 is 10.6 Å². The van der Waals surface area contributed by atoms with E-state index in [1.165, 1.54) is 0 Å². The maximum absolute atomic E-state index is 11.5. The zero-order valence-corrected chi connectivity index (χ0v) is 10.5. The summed E-state index contributed by atoms with van der Waals surface area (Å²) in [4.78, 5) is 17.7. The van der Waals surface area contributed by atoms with Gasteiger partial charge in [-0.3, -0.25) is 4.79 Å². The maximum atomic E-state index is 11.5. The number of hydrogen-bond acceptors (Lipinski definition) is 4. The number of aliphatic hydroxyl groups is 1. The van der Waals surface area contributed by atoms with Gasteiger partial charge in [0.25, 0.3) is 0 Å². The summed E-state index contributed by atoms with van der Waals surface area (Å²) in [5.41, 5.74) is 6.19. The fourth-order valence-electron chi connectivity index (χ4n) is 2.46. The summed E-state index contributed by atoms with van der Waals surface area (Å²) in [7, 11) is 0. The number of piperidine rings is 1. The molecule has 1 aromatic heterocycles. The molecule has 1 unspecified atom stereocenters. The van der Waals surface area contributed by atoms with Crippen LogP contribution in [-0.4, -0.2) is 28.6 Å². The highest BCUT2D eigenvalue weighted by atomic mass is 16.3. The van der Waals surface area contributed by atoms with Gasteiger partial charge in [0.2, 0.25) is 5.91 Å². The maximum Gasteiger partial charge on any atom is 0.240 e. The van der Waals surface area contributed by atoms with Crippen molar-refractivity contribution in [3.8, 4) is 0 Å². The molecule has 2 atom stereocenters. The quantitative estimate of drug-likeness (QED) is 0.837. The van der Waals surface area contributed by atoms with Gasteiger partial charge in [-0.25, -0.2) is 4.98 Å². The zero-order chi connectivity index (χ0) is 13.1. The van der Waals surface area contributed by atoms with Gasteiger partial charge in [0.05, 0.1) is 6.10 Å². The highest BCUT2D eigenvalue weighted by molar-refractivity contribution is 5.83. The molecule has 1 aliphatic rings. The van der Waals surface area contributed by atoms with Crippen LogP contribution in [0.25, 0.3) is 0 Å². The lowest BCUT2D eigenvalue weighted by Crippen LogP contribution is -2.48. The fraction of sp³-hybridized carbons (Fsp3) is 0.538. The van der Waals surface area contributed by atoms with E-state index in [4.69, 9.17) is 5.73 Å². The molecule has 0 aliphatic carbocycles. The SMILES string of the molecule is C[C@@H](O)c1cccnc1N1CCCCC1C(N)=O. The Kier molecular flexibility index (Phi) is 3.81. The normalized spacial score (nSPS) is 21.7. The number of primary amides is 1. The minimum Gasteiger partial charge on any atom is -0.389 e. The Bertz CT molecular complexity index is 434. The van der Waals surface area contributed by atoms with E-state index in [2.05, 4.69) is 4.98 Å². The molecule has 1 aromatic rings. The average molecular weight is 249 g/mol. The molecular formula is C13H19N3O2. The third-order valence-electron chi connectivity index (χ3n) is 3.37. The van der Waals surface area contributed by atoms with Crippen molar-refractivity contribution in [2.45, 2.75) is 38.3 Å². The molecule has 0 bridgehead atoms. The van der Waals surface area contributed by atoms with E-state index in [0.29, 0.717) is 5.82 Å².